The van der Waals surface area contributed by atoms with Gasteiger partial charge in [-0.05, 0) is 23.3 Å². The van der Waals surface area contributed by atoms with E-state index in [0.29, 0.717) is 18.2 Å². The summed E-state index contributed by atoms with van der Waals surface area (Å²) in [7, 11) is 1.60. The topological polar surface area (TPSA) is 58.6 Å². The Hall–Kier alpha value is -2.47. The molecule has 0 unspecified atom stereocenters. The number of carbonyl (C=O) groups is 2. The number of rotatable bonds is 6. The van der Waals surface area contributed by atoms with Gasteiger partial charge in [-0.1, -0.05) is 42.5 Å². The first kappa shape index (κ1) is 18.3. The van der Waals surface area contributed by atoms with Crippen LogP contribution in [0.4, 0.5) is 0 Å². The Morgan fingerprint density at radius 1 is 1.15 bits per heavy atom. The summed E-state index contributed by atoms with van der Waals surface area (Å²) < 4.78 is 5.20. The molecule has 26 heavy (non-hydrogen) atoms. The fourth-order valence-corrected chi connectivity index (χ4v) is 4.05. The Kier molecular flexibility index (Phi) is 6.17. The number of thioether (sulfide) groups is 1. The molecule has 1 N–H and O–H groups in total. The highest BCUT2D eigenvalue weighted by Crippen LogP contribution is 2.23. The SMILES string of the molecule is COc1cccc(CC(=O)N2CSC[C@@H]2C(=O)NCc2ccccc2)c1. The minimum Gasteiger partial charge on any atom is -0.497 e. The number of hydrogen-bond donors (Lipinski definition) is 1. The number of amides is 2. The average molecular weight is 370 g/mol. The Morgan fingerprint density at radius 3 is 2.69 bits per heavy atom. The molecule has 1 heterocycles. The van der Waals surface area contributed by atoms with Crippen molar-refractivity contribution in [3.05, 3.63) is 65.7 Å². The van der Waals surface area contributed by atoms with E-state index in [0.717, 1.165) is 16.9 Å². The molecule has 3 rings (SSSR count). The van der Waals surface area contributed by atoms with Crippen molar-refractivity contribution < 1.29 is 14.3 Å². The third kappa shape index (κ3) is 4.58. The van der Waals surface area contributed by atoms with Crippen LogP contribution in [-0.4, -0.2) is 41.5 Å². The van der Waals surface area contributed by atoms with Gasteiger partial charge in [0.2, 0.25) is 11.8 Å². The lowest BCUT2D eigenvalue weighted by atomic mass is 10.1. The summed E-state index contributed by atoms with van der Waals surface area (Å²) in [6.07, 6.45) is 0.264. The van der Waals surface area contributed by atoms with Crippen molar-refractivity contribution in [2.45, 2.75) is 19.0 Å². The Morgan fingerprint density at radius 2 is 1.92 bits per heavy atom. The molecule has 1 fully saturated rings. The van der Waals surface area contributed by atoms with Gasteiger partial charge in [-0.25, -0.2) is 0 Å². The first-order valence-electron chi connectivity index (χ1n) is 8.49. The number of hydrogen-bond acceptors (Lipinski definition) is 4. The van der Waals surface area contributed by atoms with Gasteiger partial charge < -0.3 is 15.0 Å². The first-order chi connectivity index (χ1) is 12.7. The molecule has 0 saturated carbocycles. The zero-order valence-electron chi connectivity index (χ0n) is 14.7. The molecule has 0 aliphatic carbocycles. The number of nitrogens with zero attached hydrogens (tertiary/aromatic N) is 1. The molecule has 6 heteroatoms. The van der Waals surface area contributed by atoms with Gasteiger partial charge >= 0.3 is 0 Å². The quantitative estimate of drug-likeness (QED) is 0.849. The molecule has 136 valence electrons. The molecule has 2 aromatic rings. The van der Waals surface area contributed by atoms with E-state index in [1.165, 1.54) is 0 Å². The molecule has 2 amide bonds. The Labute approximate surface area is 157 Å². The molecule has 1 aliphatic rings. The smallest absolute Gasteiger partial charge is 0.243 e. The maximum absolute atomic E-state index is 12.7. The van der Waals surface area contributed by atoms with E-state index in [9.17, 15) is 9.59 Å². The molecule has 1 saturated heterocycles. The average Bonchev–Trinajstić information content (AvgIpc) is 3.17. The standard InChI is InChI=1S/C20H22N2O3S/c1-25-17-9-5-8-16(10-17)11-19(23)22-14-26-13-18(22)20(24)21-12-15-6-3-2-4-7-15/h2-10,18H,11-14H2,1H3,(H,21,24)/t18-/m1/s1. The van der Waals surface area contributed by atoms with Crippen LogP contribution < -0.4 is 10.1 Å². The number of nitrogens with one attached hydrogen (secondary N) is 1. The van der Waals surface area contributed by atoms with Gasteiger partial charge in [-0.15, -0.1) is 11.8 Å². The number of carbonyl (C=O) groups excluding carboxylic acids is 2. The van der Waals surface area contributed by atoms with Crippen molar-refractivity contribution in [2.75, 3.05) is 18.7 Å². The van der Waals surface area contributed by atoms with Crippen molar-refractivity contribution in [3.8, 4) is 5.75 Å². The zero-order valence-corrected chi connectivity index (χ0v) is 15.5. The second-order valence-corrected chi connectivity index (χ2v) is 7.11. The minimum absolute atomic E-state index is 0.0388. The lowest BCUT2D eigenvalue weighted by Gasteiger charge is -2.23. The van der Waals surface area contributed by atoms with Crippen LogP contribution in [-0.2, 0) is 22.6 Å². The molecule has 0 spiro atoms. The number of ether oxygens (including phenoxy) is 1. The molecule has 2 aromatic carbocycles. The fourth-order valence-electron chi connectivity index (χ4n) is 2.87. The van der Waals surface area contributed by atoms with Crippen LogP contribution in [0.5, 0.6) is 5.75 Å². The summed E-state index contributed by atoms with van der Waals surface area (Å²) in [6.45, 7) is 0.471. The summed E-state index contributed by atoms with van der Waals surface area (Å²) in [5, 5.41) is 2.94. The van der Waals surface area contributed by atoms with E-state index in [-0.39, 0.29) is 18.2 Å². The van der Waals surface area contributed by atoms with E-state index < -0.39 is 6.04 Å². The molecule has 5 nitrogen and oxygen atoms in total. The van der Waals surface area contributed by atoms with Gasteiger partial charge in [-0.2, -0.15) is 0 Å². The molecule has 0 bridgehead atoms. The predicted octanol–water partition coefficient (Wildman–Crippen LogP) is 2.46. The van der Waals surface area contributed by atoms with Gasteiger partial charge in [0, 0.05) is 12.3 Å². The largest absolute Gasteiger partial charge is 0.497 e. The van der Waals surface area contributed by atoms with E-state index in [1.807, 2.05) is 54.6 Å². The maximum Gasteiger partial charge on any atom is 0.243 e. The van der Waals surface area contributed by atoms with Crippen LogP contribution in [0.2, 0.25) is 0 Å². The highest BCUT2D eigenvalue weighted by molar-refractivity contribution is 7.99. The summed E-state index contributed by atoms with van der Waals surface area (Å²) in [5.41, 5.74) is 1.93. The van der Waals surface area contributed by atoms with Crippen LogP contribution in [0.1, 0.15) is 11.1 Å². The maximum atomic E-state index is 12.7. The summed E-state index contributed by atoms with van der Waals surface area (Å²) >= 11 is 1.61. The van der Waals surface area contributed by atoms with E-state index in [1.54, 1.807) is 23.8 Å². The van der Waals surface area contributed by atoms with E-state index in [2.05, 4.69) is 5.32 Å². The van der Waals surface area contributed by atoms with Crippen molar-refractivity contribution in [2.24, 2.45) is 0 Å². The van der Waals surface area contributed by atoms with Gasteiger partial charge in [0.05, 0.1) is 19.4 Å². The zero-order chi connectivity index (χ0) is 18.4. The highest BCUT2D eigenvalue weighted by atomic mass is 32.2. The van der Waals surface area contributed by atoms with Gasteiger partial charge in [0.1, 0.15) is 11.8 Å². The molecular formula is C20H22N2O3S. The summed E-state index contributed by atoms with van der Waals surface area (Å²) in [6, 6.07) is 16.8. The van der Waals surface area contributed by atoms with Crippen LogP contribution in [0, 0.1) is 0 Å². The third-order valence-electron chi connectivity index (χ3n) is 4.30. The van der Waals surface area contributed by atoms with Crippen molar-refractivity contribution in [3.63, 3.8) is 0 Å². The van der Waals surface area contributed by atoms with Crippen LogP contribution in [0.25, 0.3) is 0 Å². The minimum atomic E-state index is -0.415. The molecular weight excluding hydrogens is 348 g/mol. The Bertz CT molecular complexity index is 767. The van der Waals surface area contributed by atoms with Crippen molar-refractivity contribution >= 4 is 23.6 Å². The molecule has 1 aliphatic heterocycles. The predicted molar refractivity (Wildman–Crippen MR) is 103 cm³/mol. The molecule has 0 radical (unpaired) electrons. The monoisotopic (exact) mass is 370 g/mol. The first-order valence-corrected chi connectivity index (χ1v) is 9.64. The van der Waals surface area contributed by atoms with Crippen LogP contribution in [0.15, 0.2) is 54.6 Å². The van der Waals surface area contributed by atoms with Crippen molar-refractivity contribution in [1.29, 1.82) is 0 Å². The number of methoxy groups -OCH3 is 1. The molecule has 1 atom stereocenters. The second kappa shape index (κ2) is 8.76. The Balaban J connectivity index is 1.59. The van der Waals surface area contributed by atoms with Crippen LogP contribution in [0.3, 0.4) is 0 Å². The van der Waals surface area contributed by atoms with E-state index >= 15 is 0 Å². The van der Waals surface area contributed by atoms with Gasteiger partial charge in [-0.3, -0.25) is 9.59 Å². The van der Waals surface area contributed by atoms with Crippen LogP contribution >= 0.6 is 11.8 Å². The van der Waals surface area contributed by atoms with Crippen molar-refractivity contribution in [1.82, 2.24) is 10.2 Å². The van der Waals surface area contributed by atoms with E-state index in [4.69, 9.17) is 4.74 Å². The summed E-state index contributed by atoms with van der Waals surface area (Å²) in [4.78, 5) is 26.9. The fraction of sp³-hybridized carbons (Fsp3) is 0.300. The van der Waals surface area contributed by atoms with Gasteiger partial charge in [0.25, 0.3) is 0 Å². The second-order valence-electron chi connectivity index (χ2n) is 6.11. The normalized spacial score (nSPS) is 16.3. The third-order valence-corrected chi connectivity index (χ3v) is 5.32. The highest BCUT2D eigenvalue weighted by Gasteiger charge is 2.34. The lowest BCUT2D eigenvalue weighted by Crippen LogP contribution is -2.47. The number of benzene rings is 2. The molecule has 0 aromatic heterocycles. The summed E-state index contributed by atoms with van der Waals surface area (Å²) in [5.74, 6) is 1.76. The van der Waals surface area contributed by atoms with Gasteiger partial charge in [0.15, 0.2) is 0 Å². The lowest BCUT2D eigenvalue weighted by molar-refractivity contribution is -0.137.